The van der Waals surface area contributed by atoms with E-state index in [1.807, 2.05) is 12.1 Å². The molecule has 1 heterocycles. The number of hydrogen-bond donors (Lipinski definition) is 3. The van der Waals surface area contributed by atoms with Crippen molar-refractivity contribution >= 4 is 40.4 Å². The first-order valence-corrected chi connectivity index (χ1v) is 8.34. The van der Waals surface area contributed by atoms with Crippen LogP contribution < -0.4 is 16.0 Å². The van der Waals surface area contributed by atoms with Crippen LogP contribution in [0.1, 0.15) is 25.3 Å². The summed E-state index contributed by atoms with van der Waals surface area (Å²) in [6.07, 6.45) is 1.70. The highest BCUT2D eigenvalue weighted by Crippen LogP contribution is 2.17. The lowest BCUT2D eigenvalue weighted by Crippen LogP contribution is -2.32. The molecular weight excluding hydrogens is 328 g/mol. The molecule has 1 aromatic carbocycles. The zero-order chi connectivity index (χ0) is 16.7. The van der Waals surface area contributed by atoms with Gasteiger partial charge in [0, 0.05) is 25.0 Å². The Labute approximate surface area is 147 Å². The number of anilines is 2. The Balaban J connectivity index is 1.72. The summed E-state index contributed by atoms with van der Waals surface area (Å²) in [5.74, 6) is 1.21. The summed E-state index contributed by atoms with van der Waals surface area (Å²) in [7, 11) is 0. The smallest absolute Gasteiger partial charge is 0.170 e. The molecular formula is C17H21ClN4S. The van der Waals surface area contributed by atoms with Crippen molar-refractivity contribution in [2.75, 3.05) is 23.7 Å². The van der Waals surface area contributed by atoms with Crippen LogP contribution in [0.5, 0.6) is 0 Å². The average molecular weight is 349 g/mol. The van der Waals surface area contributed by atoms with Crippen molar-refractivity contribution in [2.24, 2.45) is 0 Å². The number of benzene rings is 1. The molecule has 0 saturated heterocycles. The summed E-state index contributed by atoms with van der Waals surface area (Å²) in [5, 5.41) is 10.7. The normalized spacial score (nSPS) is 10.4. The standard InChI is InChI=1S/C17H21ClN4S/c1-12(2)13-5-7-14(8-6-13)22-17(23)21-11-10-20-16-15(18)4-3-9-19-16/h3-9,12H,10-11H2,1-2H3,(H,19,20)(H2,21,22,23). The Morgan fingerprint density at radius 2 is 1.91 bits per heavy atom. The van der Waals surface area contributed by atoms with E-state index in [-0.39, 0.29) is 0 Å². The molecule has 0 atom stereocenters. The SMILES string of the molecule is CC(C)c1ccc(NC(=S)NCCNc2ncccc2Cl)cc1. The topological polar surface area (TPSA) is 49.0 Å². The van der Waals surface area contributed by atoms with Crippen molar-refractivity contribution in [1.29, 1.82) is 0 Å². The zero-order valence-corrected chi connectivity index (χ0v) is 14.8. The molecule has 0 aliphatic heterocycles. The van der Waals surface area contributed by atoms with E-state index in [0.29, 0.717) is 35.0 Å². The number of nitrogens with one attached hydrogen (secondary N) is 3. The van der Waals surface area contributed by atoms with Gasteiger partial charge in [-0.25, -0.2) is 4.98 Å². The number of thiocarbonyl (C=S) groups is 1. The molecule has 0 spiro atoms. The number of nitrogens with zero attached hydrogens (tertiary/aromatic N) is 1. The molecule has 6 heteroatoms. The number of halogens is 1. The number of pyridine rings is 1. The molecule has 0 unspecified atom stereocenters. The second-order valence-electron chi connectivity index (χ2n) is 5.42. The third kappa shape index (κ3) is 5.69. The lowest BCUT2D eigenvalue weighted by molar-refractivity contribution is 0.867. The fourth-order valence-corrected chi connectivity index (χ4v) is 2.41. The maximum atomic E-state index is 6.02. The van der Waals surface area contributed by atoms with Crippen LogP contribution in [0, 0.1) is 0 Å². The van der Waals surface area contributed by atoms with Crippen molar-refractivity contribution in [3.63, 3.8) is 0 Å². The number of aromatic nitrogens is 1. The maximum absolute atomic E-state index is 6.02. The van der Waals surface area contributed by atoms with Gasteiger partial charge in [0.05, 0.1) is 5.02 Å². The minimum absolute atomic E-state index is 0.527. The van der Waals surface area contributed by atoms with E-state index in [9.17, 15) is 0 Å². The lowest BCUT2D eigenvalue weighted by Gasteiger charge is -2.12. The van der Waals surface area contributed by atoms with Crippen molar-refractivity contribution in [1.82, 2.24) is 10.3 Å². The van der Waals surface area contributed by atoms with E-state index < -0.39 is 0 Å². The molecule has 3 N–H and O–H groups in total. The summed E-state index contributed by atoms with van der Waals surface area (Å²) in [5.41, 5.74) is 2.29. The Morgan fingerprint density at radius 1 is 1.17 bits per heavy atom. The Morgan fingerprint density at radius 3 is 2.57 bits per heavy atom. The van der Waals surface area contributed by atoms with Crippen LogP contribution >= 0.6 is 23.8 Å². The first-order chi connectivity index (χ1) is 11.1. The number of hydrogen-bond acceptors (Lipinski definition) is 3. The zero-order valence-electron chi connectivity index (χ0n) is 13.3. The highest BCUT2D eigenvalue weighted by molar-refractivity contribution is 7.80. The van der Waals surface area contributed by atoms with Crippen molar-refractivity contribution in [3.05, 3.63) is 53.2 Å². The van der Waals surface area contributed by atoms with E-state index in [4.69, 9.17) is 23.8 Å². The fraction of sp³-hybridized carbons (Fsp3) is 0.294. The molecule has 0 aliphatic rings. The molecule has 0 bridgehead atoms. The van der Waals surface area contributed by atoms with E-state index in [2.05, 4.69) is 46.9 Å². The Bertz CT molecular complexity index is 643. The molecule has 2 rings (SSSR count). The van der Waals surface area contributed by atoms with Crippen molar-refractivity contribution in [3.8, 4) is 0 Å². The molecule has 23 heavy (non-hydrogen) atoms. The Hall–Kier alpha value is -1.85. The monoisotopic (exact) mass is 348 g/mol. The first kappa shape index (κ1) is 17.5. The van der Waals surface area contributed by atoms with Crippen LogP contribution in [-0.2, 0) is 0 Å². The predicted octanol–water partition coefficient (Wildman–Crippen LogP) is 4.26. The second-order valence-corrected chi connectivity index (χ2v) is 6.23. The van der Waals surface area contributed by atoms with Gasteiger partial charge in [-0.2, -0.15) is 0 Å². The average Bonchev–Trinajstić information content (AvgIpc) is 2.53. The molecule has 0 radical (unpaired) electrons. The summed E-state index contributed by atoms with van der Waals surface area (Å²) >= 11 is 11.3. The number of rotatable bonds is 6. The van der Waals surface area contributed by atoms with Gasteiger partial charge in [-0.3, -0.25) is 0 Å². The third-order valence-corrected chi connectivity index (χ3v) is 3.85. The van der Waals surface area contributed by atoms with Crippen LogP contribution in [0.25, 0.3) is 0 Å². The van der Waals surface area contributed by atoms with Crippen molar-refractivity contribution < 1.29 is 0 Å². The Kier molecular flexibility index (Phi) is 6.62. The van der Waals surface area contributed by atoms with Crippen LogP contribution in [0.3, 0.4) is 0 Å². The molecule has 2 aromatic rings. The van der Waals surface area contributed by atoms with Crippen LogP contribution in [0.4, 0.5) is 11.5 Å². The highest BCUT2D eigenvalue weighted by Gasteiger charge is 2.01. The van der Waals surface area contributed by atoms with Gasteiger partial charge in [0.15, 0.2) is 5.11 Å². The van der Waals surface area contributed by atoms with Crippen LogP contribution in [0.15, 0.2) is 42.6 Å². The van der Waals surface area contributed by atoms with Gasteiger partial charge < -0.3 is 16.0 Å². The van der Waals surface area contributed by atoms with E-state index in [1.54, 1.807) is 18.3 Å². The fourth-order valence-electron chi connectivity index (χ4n) is 2.00. The minimum atomic E-state index is 0.527. The highest BCUT2D eigenvalue weighted by atomic mass is 35.5. The van der Waals surface area contributed by atoms with Gasteiger partial charge in [0.2, 0.25) is 0 Å². The van der Waals surface area contributed by atoms with Gasteiger partial charge in [-0.15, -0.1) is 0 Å². The third-order valence-electron chi connectivity index (χ3n) is 3.30. The molecule has 0 fully saturated rings. The summed E-state index contributed by atoms with van der Waals surface area (Å²) in [6, 6.07) is 11.9. The molecule has 1 aromatic heterocycles. The van der Waals surface area contributed by atoms with E-state index >= 15 is 0 Å². The van der Waals surface area contributed by atoms with E-state index in [0.717, 1.165) is 5.69 Å². The summed E-state index contributed by atoms with van der Waals surface area (Å²) < 4.78 is 0. The minimum Gasteiger partial charge on any atom is -0.367 e. The van der Waals surface area contributed by atoms with Crippen molar-refractivity contribution in [2.45, 2.75) is 19.8 Å². The predicted molar refractivity (Wildman–Crippen MR) is 102 cm³/mol. The summed E-state index contributed by atoms with van der Waals surface area (Å²) in [6.45, 7) is 5.69. The van der Waals surface area contributed by atoms with Gasteiger partial charge in [0.25, 0.3) is 0 Å². The van der Waals surface area contributed by atoms with Crippen LogP contribution in [-0.4, -0.2) is 23.2 Å². The quantitative estimate of drug-likeness (QED) is 0.538. The van der Waals surface area contributed by atoms with Crippen LogP contribution in [0.2, 0.25) is 5.02 Å². The molecule has 4 nitrogen and oxygen atoms in total. The van der Waals surface area contributed by atoms with Gasteiger partial charge >= 0.3 is 0 Å². The molecule has 0 amide bonds. The molecule has 0 saturated carbocycles. The maximum Gasteiger partial charge on any atom is 0.170 e. The largest absolute Gasteiger partial charge is 0.367 e. The van der Waals surface area contributed by atoms with Gasteiger partial charge in [-0.1, -0.05) is 37.6 Å². The second kappa shape index (κ2) is 8.70. The van der Waals surface area contributed by atoms with E-state index in [1.165, 1.54) is 5.56 Å². The van der Waals surface area contributed by atoms with Gasteiger partial charge in [0.1, 0.15) is 5.82 Å². The molecule has 0 aliphatic carbocycles. The lowest BCUT2D eigenvalue weighted by atomic mass is 10.0. The molecule has 122 valence electrons. The first-order valence-electron chi connectivity index (χ1n) is 7.55. The summed E-state index contributed by atoms with van der Waals surface area (Å²) in [4.78, 5) is 4.17. The van der Waals surface area contributed by atoms with Gasteiger partial charge in [-0.05, 0) is 48.0 Å².